The van der Waals surface area contributed by atoms with Crippen LogP contribution in [0.1, 0.15) is 65.6 Å². The van der Waals surface area contributed by atoms with E-state index in [1.165, 1.54) is 27.7 Å². The number of carbonyl (C=O) groups excluding carboxylic acids is 2. The normalized spacial score (nSPS) is 12.2. The van der Waals surface area contributed by atoms with Crippen LogP contribution in [-0.2, 0) is 9.47 Å². The van der Waals surface area contributed by atoms with Crippen molar-refractivity contribution in [3.8, 4) is 0 Å². The highest BCUT2D eigenvalue weighted by Crippen LogP contribution is 2.25. The Morgan fingerprint density at radius 3 is 1.51 bits per heavy atom. The van der Waals surface area contributed by atoms with Crippen molar-refractivity contribution in [2.24, 2.45) is 0 Å². The Hall–Kier alpha value is -2.46. The van der Waals surface area contributed by atoms with Gasteiger partial charge < -0.3 is 30.1 Å². The molecule has 2 aromatic carbocycles. The van der Waals surface area contributed by atoms with Crippen LogP contribution in [0.3, 0.4) is 0 Å². The molecule has 8 heteroatoms. The second kappa shape index (κ2) is 13.0. The number of ketones is 2. The summed E-state index contributed by atoms with van der Waals surface area (Å²) in [5.41, 5.74) is -0.300. The molecule has 4 N–H and O–H groups in total. The minimum Gasteiger partial charge on any atom is -0.394 e. The Morgan fingerprint density at radius 2 is 1.14 bits per heavy atom. The second-order valence-electron chi connectivity index (χ2n) is 9.36. The van der Waals surface area contributed by atoms with Crippen LogP contribution in [0.25, 0.3) is 0 Å². The van der Waals surface area contributed by atoms with Crippen LogP contribution in [-0.4, -0.2) is 77.7 Å². The van der Waals surface area contributed by atoms with Crippen molar-refractivity contribution in [3.05, 3.63) is 70.8 Å². The number of nitrogens with one attached hydrogen (secondary N) is 1. The molecule has 0 heterocycles. The third-order valence-corrected chi connectivity index (χ3v) is 5.33. The summed E-state index contributed by atoms with van der Waals surface area (Å²) in [6.45, 7) is 7.86. The smallest absolute Gasteiger partial charge is 0.193 e. The van der Waals surface area contributed by atoms with Gasteiger partial charge in [0.2, 0.25) is 0 Å². The van der Waals surface area contributed by atoms with E-state index in [1.54, 1.807) is 24.3 Å². The van der Waals surface area contributed by atoms with Crippen molar-refractivity contribution in [2.45, 2.75) is 44.9 Å². The van der Waals surface area contributed by atoms with E-state index >= 15 is 0 Å². The largest absolute Gasteiger partial charge is 0.394 e. The first-order valence-corrected chi connectivity index (χ1v) is 11.7. The van der Waals surface area contributed by atoms with Gasteiger partial charge in [-0.15, -0.1) is 0 Å². The molecule has 0 bridgehead atoms. The summed E-state index contributed by atoms with van der Waals surface area (Å²) in [7, 11) is 0. The van der Waals surface area contributed by atoms with E-state index in [2.05, 4.69) is 5.32 Å². The number of benzene rings is 2. The quantitative estimate of drug-likeness (QED) is 0.223. The van der Waals surface area contributed by atoms with Crippen LogP contribution in [0.4, 0.5) is 0 Å². The molecule has 0 amide bonds. The van der Waals surface area contributed by atoms with Crippen LogP contribution >= 0.6 is 0 Å². The van der Waals surface area contributed by atoms with Crippen molar-refractivity contribution in [2.75, 3.05) is 39.6 Å². The Morgan fingerprint density at radius 1 is 0.743 bits per heavy atom. The topological polar surface area (TPSA) is 125 Å². The summed E-state index contributed by atoms with van der Waals surface area (Å²) in [4.78, 5) is 24.8. The molecule has 0 fully saturated rings. The molecule has 2 aromatic rings. The Labute approximate surface area is 206 Å². The molecule has 0 aliphatic rings. The fourth-order valence-electron chi connectivity index (χ4n) is 3.45. The molecular weight excluding hydrogens is 450 g/mol. The SMILES string of the molecule is CC(C)(O)C(=O)c1ccc(C(NCCOCCOCCO)c2ccc(C(=O)C(C)(C)O)cc2)cc1. The van der Waals surface area contributed by atoms with Gasteiger partial charge in [-0.1, -0.05) is 48.5 Å². The van der Waals surface area contributed by atoms with Gasteiger partial charge in [0, 0.05) is 17.7 Å². The van der Waals surface area contributed by atoms with Gasteiger partial charge in [-0.25, -0.2) is 0 Å². The lowest BCUT2D eigenvalue weighted by Crippen LogP contribution is -2.31. The Bertz CT molecular complexity index is 872. The predicted octanol–water partition coefficient (Wildman–Crippen LogP) is 2.30. The number of rotatable bonds is 15. The number of ether oxygens (including phenoxy) is 2. The maximum atomic E-state index is 12.4. The summed E-state index contributed by atoms with van der Waals surface area (Å²) >= 11 is 0. The zero-order valence-corrected chi connectivity index (χ0v) is 20.9. The van der Waals surface area contributed by atoms with Crippen LogP contribution < -0.4 is 5.32 Å². The summed E-state index contributed by atoms with van der Waals surface area (Å²) in [5, 5.41) is 32.2. The van der Waals surface area contributed by atoms with Gasteiger partial charge in [0.1, 0.15) is 11.2 Å². The first-order chi connectivity index (χ1) is 16.4. The molecule has 0 radical (unpaired) electrons. The van der Waals surface area contributed by atoms with E-state index in [4.69, 9.17) is 14.6 Å². The van der Waals surface area contributed by atoms with Crippen molar-refractivity contribution >= 4 is 11.6 Å². The molecule has 0 unspecified atom stereocenters. The predicted molar refractivity (Wildman–Crippen MR) is 133 cm³/mol. The van der Waals surface area contributed by atoms with E-state index in [-0.39, 0.29) is 30.8 Å². The molecule has 8 nitrogen and oxygen atoms in total. The van der Waals surface area contributed by atoms with E-state index in [0.717, 1.165) is 11.1 Å². The molecular formula is C27H37NO7. The van der Waals surface area contributed by atoms with Crippen molar-refractivity contribution in [1.82, 2.24) is 5.32 Å². The van der Waals surface area contributed by atoms with Gasteiger partial charge in [-0.05, 0) is 38.8 Å². The van der Waals surface area contributed by atoms with Crippen molar-refractivity contribution < 1.29 is 34.4 Å². The summed E-state index contributed by atoms with van der Waals surface area (Å²) in [6.07, 6.45) is 0. The molecule has 0 aromatic heterocycles. The number of hydrogen-bond donors (Lipinski definition) is 4. The highest BCUT2D eigenvalue weighted by Gasteiger charge is 2.26. The van der Waals surface area contributed by atoms with Gasteiger partial charge >= 0.3 is 0 Å². The molecule has 0 saturated heterocycles. The minimum atomic E-state index is -1.46. The Kier molecular flexibility index (Phi) is 10.7. The molecule has 2 rings (SSSR count). The average molecular weight is 488 g/mol. The zero-order valence-electron chi connectivity index (χ0n) is 20.9. The van der Waals surface area contributed by atoms with Gasteiger partial charge in [-0.2, -0.15) is 0 Å². The van der Waals surface area contributed by atoms with Crippen molar-refractivity contribution in [3.63, 3.8) is 0 Å². The number of carbonyl (C=O) groups is 2. The molecule has 192 valence electrons. The van der Waals surface area contributed by atoms with Crippen LogP contribution in [0.15, 0.2) is 48.5 Å². The van der Waals surface area contributed by atoms with Crippen molar-refractivity contribution in [1.29, 1.82) is 0 Å². The summed E-state index contributed by atoms with van der Waals surface area (Å²) < 4.78 is 10.7. The zero-order chi connectivity index (χ0) is 26.1. The third-order valence-electron chi connectivity index (χ3n) is 5.33. The molecule has 0 aliphatic heterocycles. The first kappa shape index (κ1) is 28.8. The maximum absolute atomic E-state index is 12.4. The molecule has 0 aliphatic carbocycles. The highest BCUT2D eigenvalue weighted by atomic mass is 16.5. The highest BCUT2D eigenvalue weighted by molar-refractivity contribution is 6.02. The van der Waals surface area contributed by atoms with Crippen LogP contribution in [0.2, 0.25) is 0 Å². The van der Waals surface area contributed by atoms with E-state index in [0.29, 0.717) is 37.5 Å². The number of aliphatic hydroxyl groups excluding tert-OH is 1. The van der Waals surface area contributed by atoms with Crippen LogP contribution in [0.5, 0.6) is 0 Å². The lowest BCUT2D eigenvalue weighted by molar-refractivity contribution is 0.0337. The molecule has 0 saturated carbocycles. The monoisotopic (exact) mass is 487 g/mol. The summed E-state index contributed by atoms with van der Waals surface area (Å²) in [6, 6.07) is 13.8. The fraction of sp³-hybridized carbons (Fsp3) is 0.481. The molecule has 35 heavy (non-hydrogen) atoms. The van der Waals surface area contributed by atoms with Gasteiger partial charge in [0.25, 0.3) is 0 Å². The van der Waals surface area contributed by atoms with Gasteiger partial charge in [-0.3, -0.25) is 9.59 Å². The number of aliphatic hydroxyl groups is 3. The average Bonchev–Trinajstić information content (AvgIpc) is 2.81. The van der Waals surface area contributed by atoms with E-state index < -0.39 is 11.2 Å². The lowest BCUT2D eigenvalue weighted by Gasteiger charge is -2.22. The standard InChI is InChI=1S/C27H37NO7/c1-26(2,32)24(30)21-9-5-19(6-10-21)23(28-13-15-34-17-18-35-16-14-29)20-7-11-22(12-8-20)25(31)27(3,4)33/h5-12,23,28-29,32-33H,13-18H2,1-4H3. The fourth-order valence-corrected chi connectivity index (χ4v) is 3.45. The third kappa shape index (κ3) is 8.92. The number of Topliss-reactive ketones (excluding diaryl/α,β-unsaturated/α-hetero) is 2. The summed E-state index contributed by atoms with van der Waals surface area (Å²) in [5.74, 6) is -0.722. The minimum absolute atomic E-state index is 0.0242. The van der Waals surface area contributed by atoms with Gasteiger partial charge in [0.05, 0.1) is 39.1 Å². The maximum Gasteiger partial charge on any atom is 0.193 e. The Balaban J connectivity index is 2.17. The van der Waals surface area contributed by atoms with E-state index in [1.807, 2.05) is 24.3 Å². The lowest BCUT2D eigenvalue weighted by atomic mass is 9.91. The molecule has 0 spiro atoms. The molecule has 0 atom stereocenters. The van der Waals surface area contributed by atoms with E-state index in [9.17, 15) is 19.8 Å². The van der Waals surface area contributed by atoms with Gasteiger partial charge in [0.15, 0.2) is 11.6 Å². The first-order valence-electron chi connectivity index (χ1n) is 11.7. The van der Waals surface area contributed by atoms with Crippen LogP contribution in [0, 0.1) is 0 Å². The number of hydrogen-bond acceptors (Lipinski definition) is 8. The second-order valence-corrected chi connectivity index (χ2v) is 9.36.